The number of nitrogens with two attached hydrogens (primary N) is 1. The molecule has 2 fully saturated rings. The lowest BCUT2D eigenvalue weighted by Crippen LogP contribution is -2.44. The van der Waals surface area contributed by atoms with Gasteiger partial charge in [0.1, 0.15) is 0 Å². The Hall–Kier alpha value is -0.610. The van der Waals surface area contributed by atoms with Crippen LogP contribution >= 0.6 is 0 Å². The molecule has 1 saturated heterocycles. The minimum Gasteiger partial charge on any atom is -0.394 e. The van der Waals surface area contributed by atoms with Crippen molar-refractivity contribution < 1.29 is 9.90 Å². The van der Waals surface area contributed by atoms with Crippen molar-refractivity contribution in [3.63, 3.8) is 0 Å². The molecule has 2 rings (SSSR count). The number of rotatable bonds is 3. The van der Waals surface area contributed by atoms with E-state index < -0.39 is 0 Å². The highest BCUT2D eigenvalue weighted by molar-refractivity contribution is 5.80. The molecule has 98 valence electrons. The third-order valence-corrected chi connectivity index (χ3v) is 4.63. The normalized spacial score (nSPS) is 37.7. The summed E-state index contributed by atoms with van der Waals surface area (Å²) in [6, 6.07) is 0.0292. The largest absolute Gasteiger partial charge is 0.394 e. The molecule has 4 unspecified atom stereocenters. The molecule has 0 aromatic rings. The predicted molar refractivity (Wildman–Crippen MR) is 66.3 cm³/mol. The highest BCUT2D eigenvalue weighted by Crippen LogP contribution is 2.35. The molecular weight excluding hydrogens is 216 g/mol. The Bertz CT molecular complexity index is 283. The summed E-state index contributed by atoms with van der Waals surface area (Å²) in [6.45, 7) is 3.62. The lowest BCUT2D eigenvalue weighted by molar-refractivity contribution is -0.138. The van der Waals surface area contributed by atoms with Crippen LogP contribution < -0.4 is 5.73 Å². The van der Waals surface area contributed by atoms with Crippen LogP contribution in [0.15, 0.2) is 0 Å². The van der Waals surface area contributed by atoms with Crippen LogP contribution in [0.3, 0.4) is 0 Å². The summed E-state index contributed by atoms with van der Waals surface area (Å²) in [4.78, 5) is 14.4. The molecule has 17 heavy (non-hydrogen) atoms. The van der Waals surface area contributed by atoms with Gasteiger partial charge in [0.15, 0.2) is 0 Å². The topological polar surface area (TPSA) is 66.6 Å². The quantitative estimate of drug-likeness (QED) is 0.759. The lowest BCUT2D eigenvalue weighted by atomic mass is 9.94. The minimum absolute atomic E-state index is 0.0292. The summed E-state index contributed by atoms with van der Waals surface area (Å²) in [5, 5.41) is 9.40. The average molecular weight is 240 g/mol. The van der Waals surface area contributed by atoms with E-state index in [1.807, 2.05) is 4.90 Å². The van der Waals surface area contributed by atoms with Gasteiger partial charge in [-0.05, 0) is 37.6 Å². The van der Waals surface area contributed by atoms with E-state index in [1.54, 1.807) is 0 Å². The van der Waals surface area contributed by atoms with E-state index in [2.05, 4.69) is 6.92 Å². The fraction of sp³-hybridized carbons (Fsp3) is 0.923. The zero-order valence-electron chi connectivity index (χ0n) is 10.6. The van der Waals surface area contributed by atoms with Crippen molar-refractivity contribution in [2.75, 3.05) is 19.7 Å². The SMILES string of the molecule is CC1CCN(C(=O)C2CCCC2CN)C1CO. The standard InChI is InChI=1S/C13H24N2O2/c1-9-5-6-15(12(9)8-16)13(17)11-4-2-3-10(11)7-14/h9-12,16H,2-8,14H2,1H3. The molecule has 0 spiro atoms. The van der Waals surface area contributed by atoms with Crippen LogP contribution in [0, 0.1) is 17.8 Å². The van der Waals surface area contributed by atoms with E-state index in [0.29, 0.717) is 18.4 Å². The summed E-state index contributed by atoms with van der Waals surface area (Å²) >= 11 is 0. The second-order valence-corrected chi connectivity index (χ2v) is 5.58. The van der Waals surface area contributed by atoms with Gasteiger partial charge in [-0.15, -0.1) is 0 Å². The maximum atomic E-state index is 12.5. The van der Waals surface area contributed by atoms with Gasteiger partial charge in [0.05, 0.1) is 12.6 Å². The fourth-order valence-corrected chi connectivity index (χ4v) is 3.42. The van der Waals surface area contributed by atoms with Crippen molar-refractivity contribution in [1.29, 1.82) is 0 Å². The minimum atomic E-state index is 0.0292. The number of likely N-dealkylation sites (tertiary alicyclic amines) is 1. The molecule has 4 nitrogen and oxygen atoms in total. The molecule has 0 aromatic carbocycles. The van der Waals surface area contributed by atoms with Crippen molar-refractivity contribution in [2.24, 2.45) is 23.5 Å². The van der Waals surface area contributed by atoms with Crippen molar-refractivity contribution in [3.8, 4) is 0 Å². The van der Waals surface area contributed by atoms with E-state index >= 15 is 0 Å². The molecule has 0 bridgehead atoms. The van der Waals surface area contributed by atoms with E-state index in [-0.39, 0.29) is 24.5 Å². The van der Waals surface area contributed by atoms with Gasteiger partial charge in [-0.25, -0.2) is 0 Å². The first-order valence-corrected chi connectivity index (χ1v) is 6.80. The Morgan fingerprint density at radius 2 is 2.18 bits per heavy atom. The zero-order valence-corrected chi connectivity index (χ0v) is 10.6. The Labute approximate surface area is 103 Å². The first-order valence-electron chi connectivity index (χ1n) is 6.80. The van der Waals surface area contributed by atoms with Crippen molar-refractivity contribution in [2.45, 2.75) is 38.6 Å². The number of aliphatic hydroxyl groups excluding tert-OH is 1. The van der Waals surface area contributed by atoms with E-state index in [4.69, 9.17) is 5.73 Å². The first-order chi connectivity index (χ1) is 8.19. The highest BCUT2D eigenvalue weighted by atomic mass is 16.3. The summed E-state index contributed by atoms with van der Waals surface area (Å²) in [7, 11) is 0. The number of aliphatic hydroxyl groups is 1. The van der Waals surface area contributed by atoms with Crippen LogP contribution in [0.1, 0.15) is 32.6 Å². The maximum Gasteiger partial charge on any atom is 0.226 e. The van der Waals surface area contributed by atoms with Gasteiger partial charge in [-0.1, -0.05) is 13.3 Å². The number of hydrogen-bond donors (Lipinski definition) is 2. The van der Waals surface area contributed by atoms with Gasteiger partial charge >= 0.3 is 0 Å². The second kappa shape index (κ2) is 5.36. The van der Waals surface area contributed by atoms with Crippen LogP contribution in [-0.2, 0) is 4.79 Å². The van der Waals surface area contributed by atoms with E-state index in [1.165, 1.54) is 0 Å². The molecule has 4 atom stereocenters. The highest BCUT2D eigenvalue weighted by Gasteiger charge is 2.40. The zero-order chi connectivity index (χ0) is 12.4. The molecule has 1 heterocycles. The van der Waals surface area contributed by atoms with Gasteiger partial charge in [0.25, 0.3) is 0 Å². The van der Waals surface area contributed by atoms with Gasteiger partial charge in [0, 0.05) is 12.5 Å². The molecule has 4 heteroatoms. The number of carbonyl (C=O) groups excluding carboxylic acids is 1. The van der Waals surface area contributed by atoms with E-state index in [0.717, 1.165) is 32.2 Å². The third kappa shape index (κ3) is 2.33. The van der Waals surface area contributed by atoms with Crippen molar-refractivity contribution in [3.05, 3.63) is 0 Å². The van der Waals surface area contributed by atoms with Crippen LogP contribution in [0.25, 0.3) is 0 Å². The Morgan fingerprint density at radius 1 is 1.41 bits per heavy atom. The Balaban J connectivity index is 2.04. The Morgan fingerprint density at radius 3 is 2.82 bits per heavy atom. The molecule has 1 aliphatic carbocycles. The fourth-order valence-electron chi connectivity index (χ4n) is 3.42. The van der Waals surface area contributed by atoms with Gasteiger partial charge in [0.2, 0.25) is 5.91 Å². The molecule has 0 aromatic heterocycles. The van der Waals surface area contributed by atoms with E-state index in [9.17, 15) is 9.90 Å². The summed E-state index contributed by atoms with van der Waals surface area (Å²) in [5.74, 6) is 1.13. The molecule has 1 aliphatic heterocycles. The summed E-state index contributed by atoms with van der Waals surface area (Å²) in [5.41, 5.74) is 5.74. The van der Waals surface area contributed by atoms with Gasteiger partial charge < -0.3 is 15.7 Å². The smallest absolute Gasteiger partial charge is 0.226 e. The van der Waals surface area contributed by atoms with Gasteiger partial charge in [-0.3, -0.25) is 4.79 Å². The second-order valence-electron chi connectivity index (χ2n) is 5.58. The predicted octanol–water partition coefficient (Wildman–Crippen LogP) is 0.591. The first kappa shape index (κ1) is 12.8. The maximum absolute atomic E-state index is 12.5. The molecule has 1 amide bonds. The Kier molecular flexibility index (Phi) is 4.05. The number of amides is 1. The molecular formula is C13H24N2O2. The monoisotopic (exact) mass is 240 g/mol. The molecule has 1 saturated carbocycles. The number of carbonyl (C=O) groups is 1. The molecule has 0 radical (unpaired) electrons. The van der Waals surface area contributed by atoms with Crippen molar-refractivity contribution in [1.82, 2.24) is 4.90 Å². The van der Waals surface area contributed by atoms with Crippen LogP contribution in [-0.4, -0.2) is 41.7 Å². The number of hydrogen-bond acceptors (Lipinski definition) is 3. The van der Waals surface area contributed by atoms with Gasteiger partial charge in [-0.2, -0.15) is 0 Å². The van der Waals surface area contributed by atoms with Crippen LogP contribution in [0.5, 0.6) is 0 Å². The average Bonchev–Trinajstić information content (AvgIpc) is 2.93. The van der Waals surface area contributed by atoms with Crippen molar-refractivity contribution >= 4 is 5.91 Å². The van der Waals surface area contributed by atoms with Crippen LogP contribution in [0.4, 0.5) is 0 Å². The summed E-state index contributed by atoms with van der Waals surface area (Å²) in [6.07, 6.45) is 4.19. The third-order valence-electron chi connectivity index (χ3n) is 4.63. The molecule has 2 aliphatic rings. The lowest BCUT2D eigenvalue weighted by Gasteiger charge is -2.29. The molecule has 3 N–H and O–H groups in total. The number of nitrogens with zero attached hydrogens (tertiary/aromatic N) is 1. The summed E-state index contributed by atoms with van der Waals surface area (Å²) < 4.78 is 0. The van der Waals surface area contributed by atoms with Crippen LogP contribution in [0.2, 0.25) is 0 Å².